The zero-order chi connectivity index (χ0) is 59.2. The third kappa shape index (κ3) is 68.4. The van der Waals surface area contributed by atoms with Crippen molar-refractivity contribution in [3.8, 4) is 0 Å². The van der Waals surface area contributed by atoms with E-state index in [4.69, 9.17) is 14.2 Å². The molecular formula is C76H142O6. The van der Waals surface area contributed by atoms with Crippen molar-refractivity contribution in [2.45, 2.75) is 419 Å². The van der Waals surface area contributed by atoms with Crippen molar-refractivity contribution >= 4 is 17.9 Å². The van der Waals surface area contributed by atoms with Gasteiger partial charge in [-0.3, -0.25) is 14.4 Å². The van der Waals surface area contributed by atoms with Gasteiger partial charge in [0.1, 0.15) is 13.2 Å². The number of carbonyl (C=O) groups excluding carboxylic acids is 3. The van der Waals surface area contributed by atoms with Crippen LogP contribution < -0.4 is 0 Å². The Morgan fingerprint density at radius 3 is 0.732 bits per heavy atom. The number of carbonyl (C=O) groups is 3. The van der Waals surface area contributed by atoms with Crippen LogP contribution in [0.1, 0.15) is 412 Å². The number of allylic oxidation sites excluding steroid dienone is 6. The lowest BCUT2D eigenvalue weighted by atomic mass is 10.0. The quantitative estimate of drug-likeness (QED) is 0.0261. The van der Waals surface area contributed by atoms with E-state index in [1.165, 1.54) is 295 Å². The molecule has 0 saturated carbocycles. The molecular weight excluding hydrogens is 1010 g/mol. The van der Waals surface area contributed by atoms with E-state index in [2.05, 4.69) is 57.2 Å². The molecule has 0 aliphatic rings. The second kappa shape index (κ2) is 71.1. The molecule has 0 rings (SSSR count). The van der Waals surface area contributed by atoms with Gasteiger partial charge in [0.25, 0.3) is 0 Å². The van der Waals surface area contributed by atoms with Crippen molar-refractivity contribution in [2.24, 2.45) is 0 Å². The summed E-state index contributed by atoms with van der Waals surface area (Å²) in [6.45, 7) is 6.64. The highest BCUT2D eigenvalue weighted by Crippen LogP contribution is 2.19. The van der Waals surface area contributed by atoms with Crippen molar-refractivity contribution < 1.29 is 28.6 Å². The van der Waals surface area contributed by atoms with Gasteiger partial charge < -0.3 is 14.2 Å². The molecule has 0 aliphatic carbocycles. The maximum atomic E-state index is 12.9. The SMILES string of the molecule is CCC/C=C\CCCCCCCC(=O)OCC(COC(=O)CCCCCCCCCCCCCCCCCCCCCCCCC/C=C\C/C=C\CCCCCCC)OC(=O)CCCCCCCCCCCCCCCCCCCCC. The third-order valence-corrected chi connectivity index (χ3v) is 16.8. The van der Waals surface area contributed by atoms with E-state index in [-0.39, 0.29) is 31.1 Å². The number of rotatable bonds is 69. The molecule has 82 heavy (non-hydrogen) atoms. The van der Waals surface area contributed by atoms with Gasteiger partial charge in [0, 0.05) is 19.3 Å². The zero-order valence-electron chi connectivity index (χ0n) is 55.5. The predicted octanol–water partition coefficient (Wildman–Crippen LogP) is 25.5. The topological polar surface area (TPSA) is 78.9 Å². The number of hydrogen-bond donors (Lipinski definition) is 0. The van der Waals surface area contributed by atoms with Crippen LogP contribution in [0.2, 0.25) is 0 Å². The van der Waals surface area contributed by atoms with Crippen molar-refractivity contribution in [2.75, 3.05) is 13.2 Å². The maximum Gasteiger partial charge on any atom is 0.306 e. The summed E-state index contributed by atoms with van der Waals surface area (Å²) >= 11 is 0. The fraction of sp³-hybridized carbons (Fsp3) is 0.882. The first-order valence-electron chi connectivity index (χ1n) is 37.0. The number of unbranched alkanes of at least 4 members (excludes halogenated alkanes) is 52. The molecule has 6 heteroatoms. The van der Waals surface area contributed by atoms with E-state index in [1.54, 1.807) is 0 Å². The highest BCUT2D eigenvalue weighted by atomic mass is 16.6. The predicted molar refractivity (Wildman–Crippen MR) is 358 cm³/mol. The van der Waals surface area contributed by atoms with Gasteiger partial charge in [-0.15, -0.1) is 0 Å². The minimum absolute atomic E-state index is 0.0681. The second-order valence-corrected chi connectivity index (χ2v) is 25.2. The highest BCUT2D eigenvalue weighted by Gasteiger charge is 2.19. The Morgan fingerprint density at radius 1 is 0.244 bits per heavy atom. The molecule has 0 heterocycles. The third-order valence-electron chi connectivity index (χ3n) is 16.8. The zero-order valence-corrected chi connectivity index (χ0v) is 55.5. The van der Waals surface area contributed by atoms with Crippen molar-refractivity contribution in [1.29, 1.82) is 0 Å². The van der Waals surface area contributed by atoms with Gasteiger partial charge in [-0.05, 0) is 70.6 Å². The molecule has 0 amide bonds. The van der Waals surface area contributed by atoms with Gasteiger partial charge in [-0.25, -0.2) is 0 Å². The van der Waals surface area contributed by atoms with Crippen LogP contribution in [-0.4, -0.2) is 37.2 Å². The molecule has 0 aliphatic heterocycles. The Morgan fingerprint density at radius 2 is 0.463 bits per heavy atom. The van der Waals surface area contributed by atoms with Crippen LogP contribution in [0.25, 0.3) is 0 Å². The van der Waals surface area contributed by atoms with E-state index < -0.39 is 6.10 Å². The van der Waals surface area contributed by atoms with E-state index >= 15 is 0 Å². The van der Waals surface area contributed by atoms with Crippen molar-refractivity contribution in [3.63, 3.8) is 0 Å². The van der Waals surface area contributed by atoms with Crippen LogP contribution >= 0.6 is 0 Å². The van der Waals surface area contributed by atoms with E-state index in [9.17, 15) is 14.4 Å². The molecule has 0 bridgehead atoms. The first-order valence-corrected chi connectivity index (χ1v) is 37.0. The molecule has 0 N–H and O–H groups in total. The molecule has 0 aromatic heterocycles. The van der Waals surface area contributed by atoms with E-state index in [0.29, 0.717) is 19.3 Å². The van der Waals surface area contributed by atoms with Gasteiger partial charge in [0.2, 0.25) is 0 Å². The monoisotopic (exact) mass is 1150 g/mol. The average Bonchev–Trinajstić information content (AvgIpc) is 3.47. The van der Waals surface area contributed by atoms with Gasteiger partial charge in [-0.2, -0.15) is 0 Å². The van der Waals surface area contributed by atoms with Crippen LogP contribution in [0.3, 0.4) is 0 Å². The summed E-state index contributed by atoms with van der Waals surface area (Å²) in [6.07, 6.45) is 89.3. The lowest BCUT2D eigenvalue weighted by Gasteiger charge is -2.18. The van der Waals surface area contributed by atoms with Crippen LogP contribution in [0.15, 0.2) is 36.5 Å². The normalized spacial score (nSPS) is 12.2. The number of ether oxygens (including phenoxy) is 3. The fourth-order valence-corrected chi connectivity index (χ4v) is 11.3. The summed E-state index contributed by atoms with van der Waals surface area (Å²) in [5.74, 6) is -0.850. The van der Waals surface area contributed by atoms with Gasteiger partial charge >= 0.3 is 17.9 Å². The molecule has 6 nitrogen and oxygen atoms in total. The Bertz CT molecular complexity index is 1370. The Labute approximate surface area is 512 Å². The molecule has 1 unspecified atom stereocenters. The molecule has 0 radical (unpaired) electrons. The van der Waals surface area contributed by atoms with E-state index in [1.807, 2.05) is 0 Å². The lowest BCUT2D eigenvalue weighted by Crippen LogP contribution is -2.30. The Hall–Kier alpha value is -2.37. The largest absolute Gasteiger partial charge is 0.462 e. The highest BCUT2D eigenvalue weighted by molar-refractivity contribution is 5.71. The number of esters is 3. The van der Waals surface area contributed by atoms with Crippen molar-refractivity contribution in [3.05, 3.63) is 36.5 Å². The molecule has 0 fully saturated rings. The van der Waals surface area contributed by atoms with Gasteiger partial charge in [0.05, 0.1) is 0 Å². The van der Waals surface area contributed by atoms with Gasteiger partial charge in [0.15, 0.2) is 6.10 Å². The summed E-state index contributed by atoms with van der Waals surface area (Å²) in [4.78, 5) is 38.3. The maximum absolute atomic E-state index is 12.9. The first-order chi connectivity index (χ1) is 40.5. The molecule has 0 saturated heterocycles. The Balaban J connectivity index is 4.01. The smallest absolute Gasteiger partial charge is 0.306 e. The van der Waals surface area contributed by atoms with Crippen molar-refractivity contribution in [1.82, 2.24) is 0 Å². The fourth-order valence-electron chi connectivity index (χ4n) is 11.3. The van der Waals surface area contributed by atoms with E-state index in [0.717, 1.165) is 77.0 Å². The molecule has 0 aromatic rings. The summed E-state index contributed by atoms with van der Waals surface area (Å²) < 4.78 is 16.9. The summed E-state index contributed by atoms with van der Waals surface area (Å²) in [5.41, 5.74) is 0. The molecule has 482 valence electrons. The number of hydrogen-bond acceptors (Lipinski definition) is 6. The summed E-state index contributed by atoms with van der Waals surface area (Å²) in [6, 6.07) is 0. The summed E-state index contributed by atoms with van der Waals surface area (Å²) in [5, 5.41) is 0. The first kappa shape index (κ1) is 79.6. The molecule has 0 spiro atoms. The molecule has 0 aromatic carbocycles. The van der Waals surface area contributed by atoms with Crippen LogP contribution in [-0.2, 0) is 28.6 Å². The minimum atomic E-state index is -0.771. The van der Waals surface area contributed by atoms with Crippen LogP contribution in [0.5, 0.6) is 0 Å². The molecule has 1 atom stereocenters. The Kier molecular flexibility index (Phi) is 69.1. The van der Waals surface area contributed by atoms with Crippen LogP contribution in [0, 0.1) is 0 Å². The second-order valence-electron chi connectivity index (χ2n) is 25.2. The minimum Gasteiger partial charge on any atom is -0.462 e. The van der Waals surface area contributed by atoms with Crippen LogP contribution in [0.4, 0.5) is 0 Å². The average molecular weight is 1150 g/mol. The van der Waals surface area contributed by atoms with Gasteiger partial charge in [-0.1, -0.05) is 359 Å². The standard InChI is InChI=1S/C76H142O6/c1-4-7-10-13-16-19-22-24-26-28-30-31-32-33-34-35-36-37-38-39-40-41-42-43-44-45-47-48-50-52-54-57-60-63-66-69-75(78)81-72-73(71-80-74(77)68-65-62-59-56-21-18-15-12-9-6-3)82-76(79)70-67-64-61-58-55-53-51-49-46-29-27-25-23-20-17-14-11-8-5-2/h12,15,22,24,28,30,73H,4-11,13-14,16-21,23,25-27,29,31-72H2,1-3H3/b15-12-,24-22-,30-28-. The summed E-state index contributed by atoms with van der Waals surface area (Å²) in [7, 11) is 0. The lowest BCUT2D eigenvalue weighted by molar-refractivity contribution is -0.167.